The molecule has 0 aliphatic heterocycles. The van der Waals surface area contributed by atoms with Gasteiger partial charge in [0.2, 0.25) is 9.84 Å². The first-order valence-corrected chi connectivity index (χ1v) is 12.4. The Labute approximate surface area is 195 Å². The number of aromatic nitrogens is 2. The van der Waals surface area contributed by atoms with Crippen molar-refractivity contribution in [3.8, 4) is 11.3 Å². The van der Waals surface area contributed by atoms with Gasteiger partial charge in [-0.3, -0.25) is 5.41 Å². The highest BCUT2D eigenvalue weighted by Gasteiger charge is 2.38. The van der Waals surface area contributed by atoms with E-state index in [-0.39, 0.29) is 15.6 Å². The normalized spacial score (nSPS) is 11.6. The standard InChI is InChI=1S/C17H18N4O2S3.C2HF3O2/c1-9-15(21-10(2)20-9)11-5-4-6-12(7-11)26(22,23)14-8-13(16(18)19)25-17(14)24-3;3-2(4,5)1(6)7/h4-8H,1-3H3,(H3,18,19)(H,20,21);(H,6,7). The van der Waals surface area contributed by atoms with Gasteiger partial charge in [-0.05, 0) is 38.3 Å². The van der Waals surface area contributed by atoms with Crippen LogP contribution in [0.4, 0.5) is 13.2 Å². The fourth-order valence-electron chi connectivity index (χ4n) is 2.65. The van der Waals surface area contributed by atoms with Crippen LogP contribution in [0.2, 0.25) is 0 Å². The fraction of sp³-hybridized carbons (Fsp3) is 0.211. The fourth-order valence-corrected chi connectivity index (χ4v) is 6.55. The van der Waals surface area contributed by atoms with Crippen molar-refractivity contribution in [3.63, 3.8) is 0 Å². The minimum absolute atomic E-state index is 0.136. The molecule has 0 aliphatic rings. The summed E-state index contributed by atoms with van der Waals surface area (Å²) in [5.74, 6) is -2.12. The molecule has 3 aromatic rings. The predicted octanol–water partition coefficient (Wildman–Crippen LogP) is 4.23. The second-order valence-corrected chi connectivity index (χ2v) is 10.6. The zero-order valence-corrected chi connectivity index (χ0v) is 19.9. The Morgan fingerprint density at radius 3 is 2.33 bits per heavy atom. The molecule has 0 amide bonds. The van der Waals surface area contributed by atoms with E-state index in [1.165, 1.54) is 29.2 Å². The smallest absolute Gasteiger partial charge is 0.475 e. The number of carbonyl (C=O) groups is 1. The number of amidine groups is 1. The number of aliphatic carboxylic acids is 1. The maximum Gasteiger partial charge on any atom is 0.490 e. The number of sulfone groups is 1. The zero-order chi connectivity index (χ0) is 25.1. The highest BCUT2D eigenvalue weighted by molar-refractivity contribution is 8.01. The Morgan fingerprint density at radius 2 is 1.88 bits per heavy atom. The van der Waals surface area contributed by atoms with E-state index in [1.54, 1.807) is 24.5 Å². The lowest BCUT2D eigenvalue weighted by Crippen LogP contribution is -2.21. The van der Waals surface area contributed by atoms with Crippen LogP contribution in [-0.2, 0) is 14.6 Å². The Morgan fingerprint density at radius 1 is 1.27 bits per heavy atom. The van der Waals surface area contributed by atoms with Gasteiger partial charge >= 0.3 is 12.1 Å². The Balaban J connectivity index is 0.000000479. The largest absolute Gasteiger partial charge is 0.490 e. The lowest BCUT2D eigenvalue weighted by atomic mass is 10.1. The highest BCUT2D eigenvalue weighted by atomic mass is 32.2. The number of nitrogens with zero attached hydrogens (tertiary/aromatic N) is 1. The number of aromatic amines is 1. The number of halogens is 3. The molecule has 5 N–H and O–H groups in total. The summed E-state index contributed by atoms with van der Waals surface area (Å²) in [6.07, 6.45) is -3.28. The third-order valence-electron chi connectivity index (χ3n) is 4.07. The molecule has 178 valence electrons. The Bertz CT molecular complexity index is 1300. The number of nitrogens with two attached hydrogens (primary N) is 1. The van der Waals surface area contributed by atoms with E-state index >= 15 is 0 Å². The molecule has 1 aromatic carbocycles. The van der Waals surface area contributed by atoms with Crippen molar-refractivity contribution in [1.29, 1.82) is 5.41 Å². The van der Waals surface area contributed by atoms with Crippen molar-refractivity contribution in [2.45, 2.75) is 34.0 Å². The first-order valence-electron chi connectivity index (χ1n) is 8.89. The summed E-state index contributed by atoms with van der Waals surface area (Å²) < 4.78 is 58.7. The average Bonchev–Trinajstić information content (AvgIpc) is 3.31. The van der Waals surface area contributed by atoms with Crippen LogP contribution in [0.1, 0.15) is 16.4 Å². The quantitative estimate of drug-likeness (QED) is 0.223. The topological polar surface area (TPSA) is 150 Å². The third kappa shape index (κ3) is 6.15. The van der Waals surface area contributed by atoms with Gasteiger partial charge in [0.1, 0.15) is 11.7 Å². The van der Waals surface area contributed by atoms with Crippen LogP contribution in [0.3, 0.4) is 0 Å². The Hall–Kier alpha value is -2.84. The number of hydrogen-bond donors (Lipinski definition) is 4. The molecule has 0 spiro atoms. The average molecular weight is 521 g/mol. The van der Waals surface area contributed by atoms with Crippen LogP contribution < -0.4 is 5.73 Å². The molecule has 0 saturated heterocycles. The minimum Gasteiger partial charge on any atom is -0.475 e. The number of hydrogen-bond acceptors (Lipinski definition) is 7. The first kappa shape index (κ1) is 26.4. The van der Waals surface area contributed by atoms with E-state index in [1.807, 2.05) is 19.9 Å². The number of aryl methyl sites for hydroxylation is 2. The van der Waals surface area contributed by atoms with Crippen LogP contribution in [0.25, 0.3) is 11.3 Å². The third-order valence-corrected chi connectivity index (χ3v) is 8.41. The number of carboxylic acid groups (broad SMARTS) is 1. The van der Waals surface area contributed by atoms with Crippen molar-refractivity contribution in [2.75, 3.05) is 6.26 Å². The van der Waals surface area contributed by atoms with Gasteiger partial charge in [-0.25, -0.2) is 18.2 Å². The second kappa shape index (κ2) is 9.97. The van der Waals surface area contributed by atoms with Crippen molar-refractivity contribution in [3.05, 3.63) is 46.7 Å². The lowest BCUT2D eigenvalue weighted by molar-refractivity contribution is -0.192. The van der Waals surface area contributed by atoms with Gasteiger partial charge in [-0.1, -0.05) is 12.1 Å². The number of benzene rings is 1. The number of imidazole rings is 1. The van der Waals surface area contributed by atoms with Gasteiger partial charge in [-0.2, -0.15) is 13.2 Å². The number of nitrogens with one attached hydrogen (secondary N) is 2. The molecular formula is C19H19F3N4O4S3. The van der Waals surface area contributed by atoms with E-state index in [9.17, 15) is 21.6 Å². The summed E-state index contributed by atoms with van der Waals surface area (Å²) in [7, 11) is -3.73. The highest BCUT2D eigenvalue weighted by Crippen LogP contribution is 2.37. The molecule has 0 aliphatic carbocycles. The number of alkyl halides is 3. The molecule has 14 heteroatoms. The number of thioether (sulfide) groups is 1. The van der Waals surface area contributed by atoms with E-state index in [0.29, 0.717) is 9.09 Å². The van der Waals surface area contributed by atoms with Crippen molar-refractivity contribution < 1.29 is 31.5 Å². The van der Waals surface area contributed by atoms with Crippen LogP contribution in [0, 0.1) is 19.3 Å². The van der Waals surface area contributed by atoms with Crippen LogP contribution >= 0.6 is 23.1 Å². The zero-order valence-electron chi connectivity index (χ0n) is 17.4. The van der Waals surface area contributed by atoms with Crippen molar-refractivity contribution >= 4 is 44.7 Å². The molecule has 0 fully saturated rings. The van der Waals surface area contributed by atoms with E-state index in [2.05, 4.69) is 9.97 Å². The number of thiophene rings is 1. The van der Waals surface area contributed by atoms with Crippen LogP contribution in [0.5, 0.6) is 0 Å². The van der Waals surface area contributed by atoms with Gasteiger partial charge in [0.05, 0.1) is 24.6 Å². The van der Waals surface area contributed by atoms with E-state index in [4.69, 9.17) is 21.0 Å². The monoisotopic (exact) mass is 520 g/mol. The summed E-state index contributed by atoms with van der Waals surface area (Å²) in [6.45, 7) is 3.76. The van der Waals surface area contributed by atoms with Gasteiger partial charge in [-0.15, -0.1) is 23.1 Å². The summed E-state index contributed by atoms with van der Waals surface area (Å²) >= 11 is 2.54. The maximum atomic E-state index is 13.2. The number of nitrogen functional groups attached to an aromatic ring is 1. The molecule has 8 nitrogen and oxygen atoms in total. The lowest BCUT2D eigenvalue weighted by Gasteiger charge is -2.07. The maximum absolute atomic E-state index is 13.2. The summed E-state index contributed by atoms with van der Waals surface area (Å²) in [6, 6.07) is 8.23. The molecule has 0 atom stereocenters. The summed E-state index contributed by atoms with van der Waals surface area (Å²) in [5.41, 5.74) is 7.89. The first-order chi connectivity index (χ1) is 15.2. The molecule has 0 radical (unpaired) electrons. The minimum atomic E-state index is -5.08. The Kier molecular flexibility index (Phi) is 7.98. The van der Waals surface area contributed by atoms with Crippen LogP contribution in [0.15, 0.2) is 44.3 Å². The summed E-state index contributed by atoms with van der Waals surface area (Å²) in [4.78, 5) is 17.3. The predicted molar refractivity (Wildman–Crippen MR) is 120 cm³/mol. The van der Waals surface area contributed by atoms with Crippen molar-refractivity contribution in [1.82, 2.24) is 9.97 Å². The van der Waals surface area contributed by atoms with E-state index < -0.39 is 22.0 Å². The van der Waals surface area contributed by atoms with Gasteiger partial charge in [0, 0.05) is 11.3 Å². The molecule has 0 saturated carbocycles. The van der Waals surface area contributed by atoms with Crippen molar-refractivity contribution in [2.24, 2.45) is 5.73 Å². The molecule has 2 heterocycles. The number of H-pyrrole nitrogens is 1. The molecule has 33 heavy (non-hydrogen) atoms. The molecular weight excluding hydrogens is 501 g/mol. The number of carboxylic acids is 1. The second-order valence-electron chi connectivity index (χ2n) is 6.51. The SMILES string of the molecule is CSc1sc(C(=N)N)cc1S(=O)(=O)c1cccc(-c2nc(C)[nH]c2C)c1.O=C(O)C(F)(F)F. The molecule has 3 rings (SSSR count). The summed E-state index contributed by atoms with van der Waals surface area (Å²) in [5, 5.41) is 14.7. The molecule has 0 bridgehead atoms. The number of rotatable bonds is 5. The molecule has 0 unspecified atom stereocenters. The van der Waals surface area contributed by atoms with Crippen LogP contribution in [-0.4, -0.2) is 47.7 Å². The van der Waals surface area contributed by atoms with Gasteiger partial charge in [0.25, 0.3) is 0 Å². The van der Waals surface area contributed by atoms with E-state index in [0.717, 1.165) is 22.8 Å². The molecule has 2 aromatic heterocycles. The van der Waals surface area contributed by atoms with Gasteiger partial charge in [0.15, 0.2) is 0 Å². The van der Waals surface area contributed by atoms with Gasteiger partial charge < -0.3 is 15.8 Å².